The van der Waals surface area contributed by atoms with Crippen molar-refractivity contribution in [2.75, 3.05) is 13.6 Å². The fourth-order valence-electron chi connectivity index (χ4n) is 1.18. The number of hydrogen-bond donors (Lipinski definition) is 0. The molecule has 0 unspecified atom stereocenters. The number of nitrogens with zero attached hydrogens (tertiary/aromatic N) is 1. The molecule has 0 aromatic rings. The lowest BCUT2D eigenvalue weighted by Crippen LogP contribution is -2.36. The van der Waals surface area contributed by atoms with Crippen LogP contribution in [0.4, 0.5) is 0 Å². The Balaban J connectivity index is 2.15. The first-order valence-corrected chi connectivity index (χ1v) is 3.65. The van der Waals surface area contributed by atoms with Crippen LogP contribution in [0.1, 0.15) is 19.3 Å². The first kappa shape index (κ1) is 6.81. The molecule has 0 aromatic heterocycles. The highest BCUT2D eigenvalue weighted by atomic mass is 15.1. The lowest BCUT2D eigenvalue weighted by Gasteiger charge is -2.33. The average Bonchev–Trinajstić information content (AvgIpc) is 1.60. The van der Waals surface area contributed by atoms with Gasteiger partial charge in [-0.25, -0.2) is 0 Å². The number of rotatable bonds is 3. The lowest BCUT2D eigenvalue weighted by molar-refractivity contribution is 0.175. The maximum Gasteiger partial charge on any atom is 0.0160 e. The molecule has 0 saturated heterocycles. The van der Waals surface area contributed by atoms with Gasteiger partial charge in [0.25, 0.3) is 0 Å². The minimum Gasteiger partial charge on any atom is -0.300 e. The number of hydrogen-bond acceptors (Lipinski definition) is 1. The van der Waals surface area contributed by atoms with E-state index in [1.54, 1.807) is 0 Å². The maximum atomic E-state index is 3.70. The summed E-state index contributed by atoms with van der Waals surface area (Å²) in [6.45, 7) is 4.75. The highest BCUT2D eigenvalue weighted by Gasteiger charge is 2.20. The summed E-state index contributed by atoms with van der Waals surface area (Å²) in [6, 6.07) is 0.864. The Bertz CT molecular complexity index is 94.7. The molecule has 1 aliphatic rings. The first-order valence-electron chi connectivity index (χ1n) is 3.65. The fraction of sp³-hybridized carbons (Fsp3) is 0.750. The molecule has 0 heterocycles. The second kappa shape index (κ2) is 3.02. The zero-order valence-electron chi connectivity index (χ0n) is 6.14. The van der Waals surface area contributed by atoms with E-state index >= 15 is 0 Å². The normalized spacial score (nSPS) is 19.8. The summed E-state index contributed by atoms with van der Waals surface area (Å²) >= 11 is 0. The summed E-state index contributed by atoms with van der Waals surface area (Å²) in [4.78, 5) is 2.37. The van der Waals surface area contributed by atoms with E-state index in [2.05, 4.69) is 18.5 Å². The summed E-state index contributed by atoms with van der Waals surface area (Å²) in [5.74, 6) is 0. The van der Waals surface area contributed by atoms with Crippen LogP contribution in [0.5, 0.6) is 0 Å². The standard InChI is InChI=1S/C8H15N/c1-3-7-9(2)8-5-4-6-8/h3,8H,1,4-7H2,2H3. The predicted molar refractivity (Wildman–Crippen MR) is 40.5 cm³/mol. The van der Waals surface area contributed by atoms with Crippen LogP contribution < -0.4 is 0 Å². The van der Waals surface area contributed by atoms with Crippen molar-refractivity contribution in [3.63, 3.8) is 0 Å². The largest absolute Gasteiger partial charge is 0.300 e. The summed E-state index contributed by atoms with van der Waals surface area (Å²) in [5.41, 5.74) is 0. The van der Waals surface area contributed by atoms with Crippen molar-refractivity contribution in [1.82, 2.24) is 4.90 Å². The highest BCUT2D eigenvalue weighted by Crippen LogP contribution is 2.22. The van der Waals surface area contributed by atoms with Gasteiger partial charge < -0.3 is 0 Å². The Kier molecular flexibility index (Phi) is 2.29. The van der Waals surface area contributed by atoms with Gasteiger partial charge in [0, 0.05) is 12.6 Å². The van der Waals surface area contributed by atoms with Gasteiger partial charge in [0.2, 0.25) is 0 Å². The molecule has 0 aliphatic heterocycles. The van der Waals surface area contributed by atoms with Crippen molar-refractivity contribution in [2.24, 2.45) is 0 Å². The smallest absolute Gasteiger partial charge is 0.0160 e. The van der Waals surface area contributed by atoms with Crippen molar-refractivity contribution in [1.29, 1.82) is 0 Å². The van der Waals surface area contributed by atoms with Crippen LogP contribution in [0.15, 0.2) is 12.7 Å². The molecule has 1 rings (SSSR count). The molecule has 0 atom stereocenters. The van der Waals surface area contributed by atoms with E-state index in [1.165, 1.54) is 19.3 Å². The molecule has 0 radical (unpaired) electrons. The van der Waals surface area contributed by atoms with Crippen LogP contribution >= 0.6 is 0 Å². The Morgan fingerprint density at radius 3 is 2.67 bits per heavy atom. The van der Waals surface area contributed by atoms with Crippen LogP contribution in [-0.4, -0.2) is 24.5 Å². The van der Waals surface area contributed by atoms with E-state index in [4.69, 9.17) is 0 Å². The third-order valence-corrected chi connectivity index (χ3v) is 2.12. The van der Waals surface area contributed by atoms with Gasteiger partial charge in [-0.3, -0.25) is 4.90 Å². The van der Waals surface area contributed by atoms with Gasteiger partial charge in [-0.1, -0.05) is 12.5 Å². The van der Waals surface area contributed by atoms with E-state index < -0.39 is 0 Å². The average molecular weight is 125 g/mol. The molecular formula is C8H15N. The first-order chi connectivity index (χ1) is 4.34. The topological polar surface area (TPSA) is 3.24 Å². The van der Waals surface area contributed by atoms with E-state index in [1.807, 2.05) is 6.08 Å². The molecular weight excluding hydrogens is 110 g/mol. The molecule has 1 nitrogen and oxygen atoms in total. The highest BCUT2D eigenvalue weighted by molar-refractivity contribution is 4.82. The van der Waals surface area contributed by atoms with Crippen molar-refractivity contribution < 1.29 is 0 Å². The molecule has 0 spiro atoms. The maximum absolute atomic E-state index is 3.70. The monoisotopic (exact) mass is 125 g/mol. The van der Waals surface area contributed by atoms with E-state index in [0.717, 1.165) is 12.6 Å². The van der Waals surface area contributed by atoms with Gasteiger partial charge in [-0.2, -0.15) is 0 Å². The molecule has 0 aromatic carbocycles. The number of likely N-dealkylation sites (N-methyl/N-ethyl adjacent to an activating group) is 1. The van der Waals surface area contributed by atoms with Crippen LogP contribution in [0, 0.1) is 0 Å². The third-order valence-electron chi connectivity index (χ3n) is 2.12. The Morgan fingerprint density at radius 1 is 1.67 bits per heavy atom. The van der Waals surface area contributed by atoms with E-state index in [9.17, 15) is 0 Å². The summed E-state index contributed by atoms with van der Waals surface area (Å²) in [5, 5.41) is 0. The van der Waals surface area contributed by atoms with Gasteiger partial charge >= 0.3 is 0 Å². The molecule has 52 valence electrons. The van der Waals surface area contributed by atoms with Crippen molar-refractivity contribution in [3.8, 4) is 0 Å². The van der Waals surface area contributed by atoms with Crippen molar-refractivity contribution >= 4 is 0 Å². The van der Waals surface area contributed by atoms with E-state index in [0.29, 0.717) is 0 Å². The molecule has 1 saturated carbocycles. The molecule has 1 fully saturated rings. The molecule has 0 bridgehead atoms. The van der Waals surface area contributed by atoms with Crippen LogP contribution in [0.25, 0.3) is 0 Å². The lowest BCUT2D eigenvalue weighted by atomic mass is 9.92. The van der Waals surface area contributed by atoms with E-state index in [-0.39, 0.29) is 0 Å². The van der Waals surface area contributed by atoms with Gasteiger partial charge in [0.15, 0.2) is 0 Å². The fourth-order valence-corrected chi connectivity index (χ4v) is 1.18. The zero-order valence-corrected chi connectivity index (χ0v) is 6.14. The van der Waals surface area contributed by atoms with Gasteiger partial charge in [0.1, 0.15) is 0 Å². The Labute approximate surface area is 57.4 Å². The Hall–Kier alpha value is -0.300. The summed E-state index contributed by atoms with van der Waals surface area (Å²) in [7, 11) is 2.17. The SMILES string of the molecule is C=CCN(C)C1CCC1. The summed E-state index contributed by atoms with van der Waals surface area (Å²) in [6.07, 6.45) is 6.18. The molecule has 1 aliphatic carbocycles. The van der Waals surface area contributed by atoms with Crippen molar-refractivity contribution in [2.45, 2.75) is 25.3 Å². The van der Waals surface area contributed by atoms with Gasteiger partial charge in [-0.15, -0.1) is 6.58 Å². The minimum absolute atomic E-state index is 0.864. The van der Waals surface area contributed by atoms with Crippen LogP contribution in [-0.2, 0) is 0 Å². The van der Waals surface area contributed by atoms with Crippen LogP contribution in [0.3, 0.4) is 0 Å². The minimum atomic E-state index is 0.864. The predicted octanol–water partition coefficient (Wildman–Crippen LogP) is 1.66. The molecule has 1 heteroatoms. The summed E-state index contributed by atoms with van der Waals surface area (Å²) < 4.78 is 0. The second-order valence-electron chi connectivity index (χ2n) is 2.81. The quantitative estimate of drug-likeness (QED) is 0.518. The second-order valence-corrected chi connectivity index (χ2v) is 2.81. The molecule has 9 heavy (non-hydrogen) atoms. The van der Waals surface area contributed by atoms with Crippen LogP contribution in [0.2, 0.25) is 0 Å². The van der Waals surface area contributed by atoms with Crippen molar-refractivity contribution in [3.05, 3.63) is 12.7 Å². The molecule has 0 N–H and O–H groups in total. The third kappa shape index (κ3) is 1.55. The van der Waals surface area contributed by atoms with Gasteiger partial charge in [-0.05, 0) is 19.9 Å². The molecule has 0 amide bonds. The Morgan fingerprint density at radius 2 is 2.33 bits per heavy atom. The zero-order chi connectivity index (χ0) is 6.69. The van der Waals surface area contributed by atoms with Gasteiger partial charge in [0.05, 0.1) is 0 Å².